The summed E-state index contributed by atoms with van der Waals surface area (Å²) in [6.45, 7) is 12.9. The van der Waals surface area contributed by atoms with Crippen LogP contribution in [0.1, 0.15) is 58.8 Å². The lowest BCUT2D eigenvalue weighted by Gasteiger charge is -2.35. The zero-order chi connectivity index (χ0) is 19.2. The van der Waals surface area contributed by atoms with Gasteiger partial charge in [0.2, 0.25) is 0 Å². The van der Waals surface area contributed by atoms with Crippen molar-refractivity contribution in [1.82, 2.24) is 15.5 Å². The standard InChI is InChI=1S/C21H42N4O2/c1-3-20-8-5-6-13-25(20)14-12-24-21(22-4-2)23-11-7-15-27-18-19-9-16-26-17-10-19/h19-20H,3-18H2,1-2H3,(H2,22,23,24). The molecule has 2 heterocycles. The van der Waals surface area contributed by atoms with Crippen molar-refractivity contribution in [2.24, 2.45) is 10.9 Å². The van der Waals surface area contributed by atoms with Gasteiger partial charge in [-0.1, -0.05) is 13.3 Å². The van der Waals surface area contributed by atoms with Gasteiger partial charge in [0.1, 0.15) is 0 Å². The average molecular weight is 383 g/mol. The number of nitrogens with one attached hydrogen (secondary N) is 2. The van der Waals surface area contributed by atoms with Gasteiger partial charge in [-0.3, -0.25) is 9.89 Å². The second-order valence-corrected chi connectivity index (χ2v) is 7.77. The predicted molar refractivity (Wildman–Crippen MR) is 112 cm³/mol. The number of piperidine rings is 1. The van der Waals surface area contributed by atoms with Crippen molar-refractivity contribution < 1.29 is 9.47 Å². The summed E-state index contributed by atoms with van der Waals surface area (Å²) in [4.78, 5) is 7.34. The number of guanidine groups is 1. The first-order chi connectivity index (χ1) is 13.3. The highest BCUT2D eigenvalue weighted by molar-refractivity contribution is 5.79. The fourth-order valence-corrected chi connectivity index (χ4v) is 4.00. The summed E-state index contributed by atoms with van der Waals surface area (Å²) in [7, 11) is 0. The molecule has 158 valence electrons. The van der Waals surface area contributed by atoms with E-state index in [9.17, 15) is 0 Å². The molecule has 6 heteroatoms. The highest BCUT2D eigenvalue weighted by Crippen LogP contribution is 2.18. The first-order valence-electron chi connectivity index (χ1n) is 11.2. The van der Waals surface area contributed by atoms with E-state index < -0.39 is 0 Å². The number of aliphatic imine (C=N–C) groups is 1. The van der Waals surface area contributed by atoms with E-state index in [2.05, 4.69) is 29.4 Å². The molecule has 2 fully saturated rings. The minimum atomic E-state index is 0.683. The van der Waals surface area contributed by atoms with Crippen molar-refractivity contribution >= 4 is 5.96 Å². The van der Waals surface area contributed by atoms with Gasteiger partial charge in [0, 0.05) is 58.6 Å². The molecule has 27 heavy (non-hydrogen) atoms. The molecule has 0 bridgehead atoms. The lowest BCUT2D eigenvalue weighted by atomic mass is 10.0. The van der Waals surface area contributed by atoms with Crippen molar-refractivity contribution in [3.05, 3.63) is 0 Å². The Morgan fingerprint density at radius 1 is 1.15 bits per heavy atom. The lowest BCUT2D eigenvalue weighted by Crippen LogP contribution is -2.46. The Labute approximate surface area is 166 Å². The van der Waals surface area contributed by atoms with Gasteiger partial charge < -0.3 is 20.1 Å². The summed E-state index contributed by atoms with van der Waals surface area (Å²) in [5.41, 5.74) is 0. The summed E-state index contributed by atoms with van der Waals surface area (Å²) >= 11 is 0. The third kappa shape index (κ3) is 9.26. The Bertz CT molecular complexity index is 400. The monoisotopic (exact) mass is 382 g/mol. The van der Waals surface area contributed by atoms with Crippen LogP contribution in [-0.2, 0) is 9.47 Å². The van der Waals surface area contributed by atoms with Crippen LogP contribution in [0.5, 0.6) is 0 Å². The van der Waals surface area contributed by atoms with Crippen LogP contribution in [0, 0.1) is 5.92 Å². The van der Waals surface area contributed by atoms with Gasteiger partial charge in [-0.2, -0.15) is 0 Å². The first kappa shape index (κ1) is 22.4. The Morgan fingerprint density at radius 2 is 2.00 bits per heavy atom. The van der Waals surface area contributed by atoms with Crippen molar-refractivity contribution in [3.8, 4) is 0 Å². The second kappa shape index (κ2) is 14.2. The molecule has 0 aliphatic carbocycles. The van der Waals surface area contributed by atoms with E-state index in [-0.39, 0.29) is 0 Å². The van der Waals surface area contributed by atoms with Gasteiger partial charge in [-0.05, 0) is 57.9 Å². The largest absolute Gasteiger partial charge is 0.381 e. The molecule has 0 spiro atoms. The van der Waals surface area contributed by atoms with E-state index in [0.29, 0.717) is 5.92 Å². The third-order valence-electron chi connectivity index (χ3n) is 5.67. The maximum Gasteiger partial charge on any atom is 0.191 e. The molecule has 1 atom stereocenters. The molecule has 2 N–H and O–H groups in total. The molecular formula is C21H42N4O2. The molecule has 0 radical (unpaired) electrons. The number of nitrogens with zero attached hydrogens (tertiary/aromatic N) is 2. The molecule has 2 rings (SSSR count). The van der Waals surface area contributed by atoms with Crippen LogP contribution in [0.3, 0.4) is 0 Å². The molecule has 0 aromatic carbocycles. The highest BCUT2D eigenvalue weighted by atomic mass is 16.5. The summed E-state index contributed by atoms with van der Waals surface area (Å²) in [5.74, 6) is 1.62. The first-order valence-corrected chi connectivity index (χ1v) is 11.2. The Kier molecular flexibility index (Phi) is 11.8. The highest BCUT2D eigenvalue weighted by Gasteiger charge is 2.20. The molecule has 0 saturated carbocycles. The van der Waals surface area contributed by atoms with Crippen molar-refractivity contribution in [2.75, 3.05) is 59.2 Å². The minimum Gasteiger partial charge on any atom is -0.381 e. The van der Waals surface area contributed by atoms with E-state index in [1.54, 1.807) is 0 Å². The maximum atomic E-state index is 5.83. The van der Waals surface area contributed by atoms with E-state index in [0.717, 1.165) is 83.9 Å². The second-order valence-electron chi connectivity index (χ2n) is 7.77. The molecule has 2 aliphatic heterocycles. The molecule has 2 saturated heterocycles. The van der Waals surface area contributed by atoms with Crippen molar-refractivity contribution in [3.63, 3.8) is 0 Å². The Morgan fingerprint density at radius 3 is 2.78 bits per heavy atom. The fourth-order valence-electron chi connectivity index (χ4n) is 4.00. The predicted octanol–water partition coefficient (Wildman–Crippen LogP) is 2.64. The third-order valence-corrected chi connectivity index (χ3v) is 5.67. The average Bonchev–Trinajstić information content (AvgIpc) is 2.71. The van der Waals surface area contributed by atoms with Crippen LogP contribution in [0.2, 0.25) is 0 Å². The lowest BCUT2D eigenvalue weighted by molar-refractivity contribution is 0.0205. The quantitative estimate of drug-likeness (QED) is 0.327. The van der Waals surface area contributed by atoms with Crippen molar-refractivity contribution in [2.45, 2.75) is 64.8 Å². The SMILES string of the molecule is CCNC(=NCCCOCC1CCOCC1)NCCN1CCCCC1CC. The number of ether oxygens (including phenoxy) is 2. The summed E-state index contributed by atoms with van der Waals surface area (Å²) in [6.07, 6.45) is 8.62. The van der Waals surface area contributed by atoms with Crippen LogP contribution in [-0.4, -0.2) is 76.1 Å². The maximum absolute atomic E-state index is 5.83. The Hall–Kier alpha value is -0.850. The zero-order valence-corrected chi connectivity index (χ0v) is 17.7. The minimum absolute atomic E-state index is 0.683. The molecule has 2 aliphatic rings. The number of hydrogen-bond donors (Lipinski definition) is 2. The molecule has 0 amide bonds. The number of likely N-dealkylation sites (tertiary alicyclic amines) is 1. The smallest absolute Gasteiger partial charge is 0.191 e. The zero-order valence-electron chi connectivity index (χ0n) is 17.7. The van der Waals surface area contributed by atoms with Gasteiger partial charge in [-0.15, -0.1) is 0 Å². The Balaban J connectivity index is 1.57. The van der Waals surface area contributed by atoms with Crippen LogP contribution in [0.4, 0.5) is 0 Å². The summed E-state index contributed by atoms with van der Waals surface area (Å²) < 4.78 is 11.2. The fraction of sp³-hybridized carbons (Fsp3) is 0.952. The van der Waals surface area contributed by atoms with Gasteiger partial charge >= 0.3 is 0 Å². The van der Waals surface area contributed by atoms with E-state index in [1.807, 2.05) is 0 Å². The molecule has 6 nitrogen and oxygen atoms in total. The van der Waals surface area contributed by atoms with Gasteiger partial charge in [0.15, 0.2) is 5.96 Å². The van der Waals surface area contributed by atoms with Gasteiger partial charge in [-0.25, -0.2) is 0 Å². The van der Waals surface area contributed by atoms with E-state index in [4.69, 9.17) is 14.5 Å². The van der Waals surface area contributed by atoms with Crippen LogP contribution in [0.25, 0.3) is 0 Å². The molecular weight excluding hydrogens is 340 g/mol. The summed E-state index contributed by atoms with van der Waals surface area (Å²) in [6, 6.07) is 0.771. The number of rotatable bonds is 11. The normalized spacial score (nSPS) is 22.7. The number of hydrogen-bond acceptors (Lipinski definition) is 4. The van der Waals surface area contributed by atoms with Crippen LogP contribution in [0.15, 0.2) is 4.99 Å². The topological polar surface area (TPSA) is 58.1 Å². The van der Waals surface area contributed by atoms with Gasteiger partial charge in [0.25, 0.3) is 0 Å². The summed E-state index contributed by atoms with van der Waals surface area (Å²) in [5, 5.41) is 6.85. The molecule has 1 unspecified atom stereocenters. The van der Waals surface area contributed by atoms with Crippen molar-refractivity contribution in [1.29, 1.82) is 0 Å². The molecule has 0 aromatic heterocycles. The van der Waals surface area contributed by atoms with Crippen LogP contribution >= 0.6 is 0 Å². The van der Waals surface area contributed by atoms with E-state index in [1.165, 1.54) is 32.2 Å². The van der Waals surface area contributed by atoms with E-state index >= 15 is 0 Å². The molecule has 0 aromatic rings. The van der Waals surface area contributed by atoms with Crippen LogP contribution < -0.4 is 10.6 Å². The van der Waals surface area contributed by atoms with Gasteiger partial charge in [0.05, 0.1) is 0 Å².